The maximum atomic E-state index is 13.8. The van der Waals surface area contributed by atoms with E-state index in [1.165, 1.54) is 6.26 Å². The smallest absolute Gasteiger partial charge is 0.289 e. The van der Waals surface area contributed by atoms with Gasteiger partial charge in [0.05, 0.1) is 29.4 Å². The third-order valence-corrected chi connectivity index (χ3v) is 6.55. The molecule has 2 aromatic carbocycles. The molecule has 1 fully saturated rings. The van der Waals surface area contributed by atoms with Crippen LogP contribution in [0.15, 0.2) is 76.1 Å². The van der Waals surface area contributed by atoms with Gasteiger partial charge in [0.15, 0.2) is 5.76 Å². The minimum absolute atomic E-state index is 0.0612. The second-order valence-corrected chi connectivity index (χ2v) is 10.00. The van der Waals surface area contributed by atoms with E-state index >= 15 is 0 Å². The van der Waals surface area contributed by atoms with Gasteiger partial charge in [-0.05, 0) is 41.3 Å². The molecular weight excluding hydrogens is 440 g/mol. The van der Waals surface area contributed by atoms with Crippen molar-refractivity contribution in [2.24, 2.45) is 0 Å². The highest BCUT2D eigenvalue weighted by Crippen LogP contribution is 2.29. The third kappa shape index (κ3) is 4.51. The minimum atomic E-state index is -0.142. The van der Waals surface area contributed by atoms with E-state index in [4.69, 9.17) is 9.40 Å². The Hall–Kier alpha value is -3.71. The lowest BCUT2D eigenvalue weighted by atomic mass is 9.85. The quantitative estimate of drug-likeness (QED) is 0.446. The number of carbonyl (C=O) groups excluding carboxylic acids is 1. The Labute approximate surface area is 204 Å². The predicted molar refractivity (Wildman–Crippen MR) is 136 cm³/mol. The van der Waals surface area contributed by atoms with Crippen LogP contribution in [0.3, 0.4) is 0 Å². The lowest BCUT2D eigenvalue weighted by Gasteiger charge is -2.34. The third-order valence-electron chi connectivity index (χ3n) is 6.55. The highest BCUT2D eigenvalue weighted by atomic mass is 16.3. The zero-order valence-corrected chi connectivity index (χ0v) is 20.4. The van der Waals surface area contributed by atoms with E-state index in [0.29, 0.717) is 55.2 Å². The van der Waals surface area contributed by atoms with Gasteiger partial charge in [-0.2, -0.15) is 0 Å². The Morgan fingerprint density at radius 2 is 1.66 bits per heavy atom. The number of furan rings is 1. The maximum absolute atomic E-state index is 13.8. The molecule has 1 amide bonds. The number of hydrogen-bond acceptors (Lipinski definition) is 5. The molecule has 7 nitrogen and oxygen atoms in total. The van der Waals surface area contributed by atoms with Crippen LogP contribution in [0.2, 0.25) is 0 Å². The zero-order valence-electron chi connectivity index (χ0n) is 20.4. The summed E-state index contributed by atoms with van der Waals surface area (Å²) in [5.41, 5.74) is 2.45. The second-order valence-electron chi connectivity index (χ2n) is 10.00. The minimum Gasteiger partial charge on any atom is -0.459 e. The van der Waals surface area contributed by atoms with Gasteiger partial charge >= 0.3 is 0 Å². The molecular formula is C28H30N4O3. The molecule has 0 aliphatic carbocycles. The van der Waals surface area contributed by atoms with Crippen molar-refractivity contribution < 1.29 is 9.21 Å². The van der Waals surface area contributed by atoms with Crippen molar-refractivity contribution >= 4 is 16.8 Å². The lowest BCUT2D eigenvalue weighted by Crippen LogP contribution is -2.48. The number of amides is 1. The van der Waals surface area contributed by atoms with Crippen molar-refractivity contribution in [3.63, 3.8) is 0 Å². The number of carbonyl (C=O) groups is 1. The van der Waals surface area contributed by atoms with E-state index in [-0.39, 0.29) is 16.9 Å². The van der Waals surface area contributed by atoms with Crippen molar-refractivity contribution in [1.29, 1.82) is 0 Å². The highest BCUT2D eigenvalue weighted by molar-refractivity contribution is 5.91. The first-order valence-corrected chi connectivity index (χ1v) is 12.0. The fourth-order valence-corrected chi connectivity index (χ4v) is 4.70. The average molecular weight is 471 g/mol. The molecule has 180 valence electrons. The SMILES string of the molecule is CC(C)(C)c1ccccc1-n1c(CN2CCN(C(=O)c3ccco3)CC2)nc2ccccc2c1=O. The van der Waals surface area contributed by atoms with E-state index in [1.807, 2.05) is 47.4 Å². The van der Waals surface area contributed by atoms with E-state index in [1.54, 1.807) is 16.7 Å². The Morgan fingerprint density at radius 3 is 2.37 bits per heavy atom. The molecule has 5 rings (SSSR count). The summed E-state index contributed by atoms with van der Waals surface area (Å²) in [4.78, 5) is 35.4. The Bertz CT molecular complexity index is 1410. The van der Waals surface area contributed by atoms with Gasteiger partial charge in [-0.15, -0.1) is 0 Å². The normalized spacial score (nSPS) is 15.0. The van der Waals surface area contributed by atoms with Crippen molar-refractivity contribution in [2.45, 2.75) is 32.7 Å². The number of aromatic nitrogens is 2. The summed E-state index contributed by atoms with van der Waals surface area (Å²) < 4.78 is 7.06. The zero-order chi connectivity index (χ0) is 24.6. The summed E-state index contributed by atoms with van der Waals surface area (Å²) in [5.74, 6) is 0.980. The van der Waals surface area contributed by atoms with E-state index in [9.17, 15) is 9.59 Å². The van der Waals surface area contributed by atoms with Crippen LogP contribution in [0, 0.1) is 0 Å². The Morgan fingerprint density at radius 1 is 0.943 bits per heavy atom. The van der Waals surface area contributed by atoms with Crippen molar-refractivity contribution in [3.8, 4) is 5.69 Å². The standard InChI is InChI=1S/C28H30N4O3/c1-28(2,3)21-10-5-7-12-23(21)32-25(29-22-11-6-4-9-20(22)26(32)33)19-30-14-16-31(17-15-30)27(34)24-13-8-18-35-24/h4-13,18H,14-17,19H2,1-3H3. The lowest BCUT2D eigenvalue weighted by molar-refractivity contribution is 0.0594. The Balaban J connectivity index is 1.49. The van der Waals surface area contributed by atoms with Gasteiger partial charge in [0, 0.05) is 26.2 Å². The molecule has 7 heteroatoms. The van der Waals surface area contributed by atoms with Crippen LogP contribution in [0.1, 0.15) is 42.7 Å². The van der Waals surface area contributed by atoms with Gasteiger partial charge in [0.2, 0.25) is 0 Å². The van der Waals surface area contributed by atoms with Crippen LogP contribution in [0.4, 0.5) is 0 Å². The highest BCUT2D eigenvalue weighted by Gasteiger charge is 2.26. The molecule has 0 bridgehead atoms. The van der Waals surface area contributed by atoms with Crippen molar-refractivity contribution in [3.05, 3.63) is 94.4 Å². The second kappa shape index (κ2) is 9.15. The maximum Gasteiger partial charge on any atom is 0.289 e. The number of nitrogens with zero attached hydrogens (tertiary/aromatic N) is 4. The fourth-order valence-electron chi connectivity index (χ4n) is 4.70. The summed E-state index contributed by atoms with van der Waals surface area (Å²) in [6.45, 7) is 9.54. The first-order chi connectivity index (χ1) is 16.8. The topological polar surface area (TPSA) is 71.6 Å². The molecule has 3 heterocycles. The molecule has 0 unspecified atom stereocenters. The first kappa shape index (κ1) is 23.1. The predicted octanol–water partition coefficient (Wildman–Crippen LogP) is 4.23. The first-order valence-electron chi connectivity index (χ1n) is 12.0. The summed E-state index contributed by atoms with van der Waals surface area (Å²) in [6, 6.07) is 19.0. The van der Waals surface area contributed by atoms with Gasteiger partial charge in [-0.3, -0.25) is 19.1 Å². The van der Waals surface area contributed by atoms with E-state index in [0.717, 1.165) is 11.3 Å². The van der Waals surface area contributed by atoms with E-state index in [2.05, 4.69) is 31.7 Å². The number of fused-ring (bicyclic) bond motifs is 1. The van der Waals surface area contributed by atoms with Gasteiger partial charge in [0.25, 0.3) is 11.5 Å². The fraction of sp³-hybridized carbons (Fsp3) is 0.321. The summed E-state index contributed by atoms with van der Waals surface area (Å²) in [7, 11) is 0. The van der Waals surface area contributed by atoms with Gasteiger partial charge < -0.3 is 9.32 Å². The molecule has 0 atom stereocenters. The molecule has 0 radical (unpaired) electrons. The summed E-state index contributed by atoms with van der Waals surface area (Å²) in [5, 5.41) is 0.605. The molecule has 2 aromatic heterocycles. The summed E-state index contributed by atoms with van der Waals surface area (Å²) >= 11 is 0. The van der Waals surface area contributed by atoms with Gasteiger partial charge in [0.1, 0.15) is 5.82 Å². The molecule has 0 saturated carbocycles. The number of para-hydroxylation sites is 2. The van der Waals surface area contributed by atoms with Crippen LogP contribution >= 0.6 is 0 Å². The molecule has 35 heavy (non-hydrogen) atoms. The summed E-state index contributed by atoms with van der Waals surface area (Å²) in [6.07, 6.45) is 1.52. The van der Waals surface area contributed by atoms with Crippen LogP contribution < -0.4 is 5.56 Å². The van der Waals surface area contributed by atoms with Crippen LogP contribution in [-0.4, -0.2) is 51.4 Å². The molecule has 1 aliphatic rings. The van der Waals surface area contributed by atoms with Crippen LogP contribution in [-0.2, 0) is 12.0 Å². The number of hydrogen-bond donors (Lipinski definition) is 0. The molecule has 1 aliphatic heterocycles. The molecule has 0 N–H and O–H groups in total. The van der Waals surface area contributed by atoms with Crippen LogP contribution in [0.5, 0.6) is 0 Å². The van der Waals surface area contributed by atoms with Gasteiger partial charge in [-0.25, -0.2) is 4.98 Å². The van der Waals surface area contributed by atoms with Crippen molar-refractivity contribution in [2.75, 3.05) is 26.2 Å². The van der Waals surface area contributed by atoms with Gasteiger partial charge in [-0.1, -0.05) is 51.1 Å². The monoisotopic (exact) mass is 470 g/mol. The van der Waals surface area contributed by atoms with Crippen LogP contribution in [0.25, 0.3) is 16.6 Å². The van der Waals surface area contributed by atoms with Crippen molar-refractivity contribution in [1.82, 2.24) is 19.4 Å². The molecule has 0 spiro atoms. The Kier molecular flexibility index (Phi) is 6.03. The number of rotatable bonds is 4. The largest absolute Gasteiger partial charge is 0.459 e. The average Bonchev–Trinajstić information content (AvgIpc) is 3.39. The number of piperazine rings is 1. The molecule has 1 saturated heterocycles. The number of benzene rings is 2. The molecule has 4 aromatic rings. The van der Waals surface area contributed by atoms with E-state index < -0.39 is 0 Å².